The molecule has 1 saturated carbocycles. The number of nitrogens with one attached hydrogen (secondary N) is 1. The quantitative estimate of drug-likeness (QED) is 0.763. The van der Waals surface area contributed by atoms with Gasteiger partial charge in [0.05, 0.1) is 7.11 Å². The van der Waals surface area contributed by atoms with Crippen molar-refractivity contribution >= 4 is 11.6 Å². The second-order valence-corrected chi connectivity index (χ2v) is 5.18. The lowest BCUT2D eigenvalue weighted by Crippen LogP contribution is -2.36. The van der Waals surface area contributed by atoms with Gasteiger partial charge in [0.2, 0.25) is 0 Å². The van der Waals surface area contributed by atoms with Crippen LogP contribution < -0.4 is 15.8 Å². The average molecular weight is 255 g/mol. The smallest absolute Gasteiger partial charge is 0.122 e. The lowest BCUT2D eigenvalue weighted by molar-refractivity contribution is 0.409. The Kier molecular flexibility index (Phi) is 3.92. The molecular formula is C13H19ClN2O. The van der Waals surface area contributed by atoms with Crippen molar-refractivity contribution in [3.05, 3.63) is 28.8 Å². The Balaban J connectivity index is 1.82. The molecule has 0 saturated heterocycles. The third-order valence-electron chi connectivity index (χ3n) is 3.18. The molecule has 0 aromatic heterocycles. The predicted octanol–water partition coefficient (Wildman–Crippen LogP) is 1.97. The molecule has 0 radical (unpaired) electrons. The zero-order valence-corrected chi connectivity index (χ0v) is 10.9. The standard InChI is InChI=1S/C13H19ClN2O/c1-17-12-3-2-11(14)8-10(12)4-7-16-9-13(15)5-6-13/h2-3,8,16H,4-7,9,15H2,1H3. The minimum Gasteiger partial charge on any atom is -0.496 e. The summed E-state index contributed by atoms with van der Waals surface area (Å²) in [5, 5.41) is 4.13. The van der Waals surface area contributed by atoms with Gasteiger partial charge in [-0.3, -0.25) is 0 Å². The molecule has 1 aromatic rings. The summed E-state index contributed by atoms with van der Waals surface area (Å²) in [7, 11) is 1.68. The van der Waals surface area contributed by atoms with Crippen molar-refractivity contribution < 1.29 is 4.74 Å². The monoisotopic (exact) mass is 254 g/mol. The lowest BCUT2D eigenvalue weighted by atomic mass is 10.1. The Morgan fingerprint density at radius 2 is 2.24 bits per heavy atom. The highest BCUT2D eigenvalue weighted by Crippen LogP contribution is 2.31. The van der Waals surface area contributed by atoms with Crippen molar-refractivity contribution in [3.63, 3.8) is 0 Å². The zero-order chi connectivity index (χ0) is 12.3. The van der Waals surface area contributed by atoms with Gasteiger partial charge in [-0.15, -0.1) is 0 Å². The Hall–Kier alpha value is -0.770. The Bertz CT molecular complexity index is 391. The molecule has 94 valence electrons. The highest BCUT2D eigenvalue weighted by molar-refractivity contribution is 6.30. The van der Waals surface area contributed by atoms with Gasteiger partial charge in [0.1, 0.15) is 5.75 Å². The fraction of sp³-hybridized carbons (Fsp3) is 0.538. The molecule has 3 N–H and O–H groups in total. The van der Waals surface area contributed by atoms with Crippen LogP contribution in [0.15, 0.2) is 18.2 Å². The molecule has 0 amide bonds. The van der Waals surface area contributed by atoms with E-state index in [1.54, 1.807) is 7.11 Å². The van der Waals surface area contributed by atoms with Gasteiger partial charge < -0.3 is 15.8 Å². The molecule has 3 nitrogen and oxygen atoms in total. The summed E-state index contributed by atoms with van der Waals surface area (Å²) in [6.45, 7) is 1.80. The summed E-state index contributed by atoms with van der Waals surface area (Å²) < 4.78 is 5.30. The van der Waals surface area contributed by atoms with Crippen LogP contribution in [0.25, 0.3) is 0 Å². The van der Waals surface area contributed by atoms with Gasteiger partial charge in [0.25, 0.3) is 0 Å². The van der Waals surface area contributed by atoms with Crippen molar-refractivity contribution in [2.45, 2.75) is 24.8 Å². The maximum absolute atomic E-state index is 6.00. The minimum atomic E-state index is 0.0679. The number of nitrogens with two attached hydrogens (primary N) is 1. The number of hydrogen-bond acceptors (Lipinski definition) is 3. The molecule has 0 heterocycles. The van der Waals surface area contributed by atoms with E-state index in [0.29, 0.717) is 0 Å². The largest absolute Gasteiger partial charge is 0.496 e. The van der Waals surface area contributed by atoms with E-state index >= 15 is 0 Å². The zero-order valence-electron chi connectivity index (χ0n) is 10.1. The van der Waals surface area contributed by atoms with Crippen LogP contribution in [0, 0.1) is 0 Å². The van der Waals surface area contributed by atoms with Gasteiger partial charge in [-0.05, 0) is 49.6 Å². The first-order chi connectivity index (χ1) is 8.13. The maximum atomic E-state index is 6.00. The van der Waals surface area contributed by atoms with Gasteiger partial charge in [-0.25, -0.2) is 0 Å². The van der Waals surface area contributed by atoms with E-state index in [4.69, 9.17) is 22.1 Å². The summed E-state index contributed by atoms with van der Waals surface area (Å²) >= 11 is 5.97. The molecule has 2 rings (SSSR count). The van der Waals surface area contributed by atoms with E-state index in [1.807, 2.05) is 18.2 Å². The Morgan fingerprint density at radius 3 is 2.88 bits per heavy atom. The van der Waals surface area contributed by atoms with Crippen molar-refractivity contribution in [1.82, 2.24) is 5.32 Å². The SMILES string of the molecule is COc1ccc(Cl)cc1CCNCC1(N)CC1. The molecule has 0 spiro atoms. The Labute approximate surface area is 107 Å². The van der Waals surface area contributed by atoms with Crippen LogP contribution in [0.5, 0.6) is 5.75 Å². The molecule has 1 aliphatic rings. The normalized spacial score (nSPS) is 16.9. The highest BCUT2D eigenvalue weighted by atomic mass is 35.5. The summed E-state index contributed by atoms with van der Waals surface area (Å²) in [5.74, 6) is 0.894. The van der Waals surface area contributed by atoms with Gasteiger partial charge in [0.15, 0.2) is 0 Å². The molecule has 17 heavy (non-hydrogen) atoms. The van der Waals surface area contributed by atoms with Crippen LogP contribution in [0.4, 0.5) is 0 Å². The fourth-order valence-corrected chi connectivity index (χ4v) is 2.03. The molecule has 0 bridgehead atoms. The number of hydrogen-bond donors (Lipinski definition) is 2. The third-order valence-corrected chi connectivity index (χ3v) is 3.42. The topological polar surface area (TPSA) is 47.3 Å². The van der Waals surface area contributed by atoms with Crippen LogP contribution >= 0.6 is 11.6 Å². The molecular weight excluding hydrogens is 236 g/mol. The third kappa shape index (κ3) is 3.60. The number of rotatable bonds is 6. The Morgan fingerprint density at radius 1 is 1.47 bits per heavy atom. The summed E-state index contributed by atoms with van der Waals surface area (Å²) in [5.41, 5.74) is 7.20. The summed E-state index contributed by atoms with van der Waals surface area (Å²) in [6.07, 6.45) is 3.18. The van der Waals surface area contributed by atoms with Crippen LogP contribution in [0.1, 0.15) is 18.4 Å². The van der Waals surface area contributed by atoms with Crippen LogP contribution in [0.2, 0.25) is 5.02 Å². The van der Waals surface area contributed by atoms with Gasteiger partial charge >= 0.3 is 0 Å². The molecule has 0 atom stereocenters. The molecule has 0 unspecified atom stereocenters. The van der Waals surface area contributed by atoms with Crippen LogP contribution in [-0.4, -0.2) is 25.7 Å². The van der Waals surface area contributed by atoms with Gasteiger partial charge in [-0.2, -0.15) is 0 Å². The lowest BCUT2D eigenvalue weighted by Gasteiger charge is -2.12. The van der Waals surface area contributed by atoms with Crippen LogP contribution in [-0.2, 0) is 6.42 Å². The minimum absolute atomic E-state index is 0.0679. The van der Waals surface area contributed by atoms with Crippen LogP contribution in [0.3, 0.4) is 0 Å². The molecule has 0 aliphatic heterocycles. The van der Waals surface area contributed by atoms with Crippen molar-refractivity contribution in [1.29, 1.82) is 0 Å². The van der Waals surface area contributed by atoms with Crippen molar-refractivity contribution in [2.75, 3.05) is 20.2 Å². The van der Waals surface area contributed by atoms with Crippen molar-refractivity contribution in [2.24, 2.45) is 5.73 Å². The summed E-state index contributed by atoms with van der Waals surface area (Å²) in [4.78, 5) is 0. The number of halogens is 1. The number of ether oxygens (including phenoxy) is 1. The van der Waals surface area contributed by atoms with Crippen molar-refractivity contribution in [3.8, 4) is 5.75 Å². The fourth-order valence-electron chi connectivity index (χ4n) is 1.84. The van der Waals surface area contributed by atoms with E-state index in [9.17, 15) is 0 Å². The molecule has 1 aliphatic carbocycles. The second-order valence-electron chi connectivity index (χ2n) is 4.75. The summed E-state index contributed by atoms with van der Waals surface area (Å²) in [6, 6.07) is 5.71. The molecule has 1 fully saturated rings. The first-order valence-electron chi connectivity index (χ1n) is 5.95. The predicted molar refractivity (Wildman–Crippen MR) is 70.7 cm³/mol. The second kappa shape index (κ2) is 5.25. The average Bonchev–Trinajstić information content (AvgIpc) is 3.04. The number of benzene rings is 1. The molecule has 1 aromatic carbocycles. The first-order valence-corrected chi connectivity index (χ1v) is 6.33. The van der Waals surface area contributed by atoms with Gasteiger partial charge in [-0.1, -0.05) is 11.6 Å². The van der Waals surface area contributed by atoms with E-state index in [2.05, 4.69) is 5.32 Å². The highest BCUT2D eigenvalue weighted by Gasteiger charge is 2.37. The maximum Gasteiger partial charge on any atom is 0.122 e. The number of methoxy groups -OCH3 is 1. The van der Waals surface area contributed by atoms with E-state index in [0.717, 1.165) is 48.7 Å². The van der Waals surface area contributed by atoms with E-state index in [-0.39, 0.29) is 5.54 Å². The van der Waals surface area contributed by atoms with Gasteiger partial charge in [0, 0.05) is 17.1 Å². The van der Waals surface area contributed by atoms with E-state index < -0.39 is 0 Å². The van der Waals surface area contributed by atoms with E-state index in [1.165, 1.54) is 0 Å². The first kappa shape index (κ1) is 12.7. The molecule has 4 heteroatoms.